The van der Waals surface area contributed by atoms with Gasteiger partial charge in [-0.15, -0.1) is 0 Å². The lowest BCUT2D eigenvalue weighted by atomic mass is 10.0. The van der Waals surface area contributed by atoms with Gasteiger partial charge in [0.15, 0.2) is 0 Å². The second-order valence-corrected chi connectivity index (χ2v) is 4.30. The molecule has 0 heterocycles. The Labute approximate surface area is 112 Å². The van der Waals surface area contributed by atoms with Gasteiger partial charge in [-0.05, 0) is 41.1 Å². The number of carboxylic acids is 1. The second kappa shape index (κ2) is 5.71. The van der Waals surface area contributed by atoms with E-state index in [-0.39, 0.29) is 0 Å². The minimum atomic E-state index is -0.866. The average Bonchev–Trinajstić information content (AvgIpc) is 2.43. The molecule has 0 saturated carbocycles. The number of aliphatic carboxylic acids is 1. The summed E-state index contributed by atoms with van der Waals surface area (Å²) in [5.74, 6) is -0.0728. The summed E-state index contributed by atoms with van der Waals surface area (Å²) in [6.07, 6.45) is 0. The first-order valence-corrected chi connectivity index (χ1v) is 6.19. The van der Waals surface area contributed by atoms with Gasteiger partial charge in [-0.3, -0.25) is 4.79 Å². The predicted octanol–water partition coefficient (Wildman–Crippen LogP) is 2.58. The zero-order valence-electron chi connectivity index (χ0n) is 11.0. The Morgan fingerprint density at radius 1 is 1.26 bits per heavy atom. The highest BCUT2D eigenvalue weighted by Crippen LogP contribution is 2.24. The highest BCUT2D eigenvalue weighted by atomic mass is 16.5. The molecular formula is C15H17NO3. The molecule has 4 nitrogen and oxygen atoms in total. The molecule has 100 valence electrons. The van der Waals surface area contributed by atoms with E-state index in [9.17, 15) is 9.90 Å². The third-order valence-electron chi connectivity index (χ3n) is 3.06. The van der Waals surface area contributed by atoms with E-state index in [1.165, 1.54) is 0 Å². The SMILES string of the molecule is CCNC(C(=O)O)c1ccc2cc(OC)ccc2c1. The quantitative estimate of drug-likeness (QED) is 0.866. The van der Waals surface area contributed by atoms with E-state index in [1.807, 2.05) is 43.3 Å². The van der Waals surface area contributed by atoms with Crippen LogP contribution in [0.15, 0.2) is 36.4 Å². The molecule has 4 heteroatoms. The number of rotatable bonds is 5. The highest BCUT2D eigenvalue weighted by molar-refractivity contribution is 5.86. The lowest BCUT2D eigenvalue weighted by molar-refractivity contribution is -0.139. The molecule has 0 saturated heterocycles. The number of hydrogen-bond donors (Lipinski definition) is 2. The Hall–Kier alpha value is -2.07. The third kappa shape index (κ3) is 2.85. The smallest absolute Gasteiger partial charge is 0.325 e. The first kappa shape index (κ1) is 13.4. The molecule has 0 aliphatic rings. The van der Waals surface area contributed by atoms with Crippen LogP contribution in [0.5, 0.6) is 5.75 Å². The maximum Gasteiger partial charge on any atom is 0.325 e. The van der Waals surface area contributed by atoms with Crippen LogP contribution in [-0.2, 0) is 4.79 Å². The van der Waals surface area contributed by atoms with Crippen molar-refractivity contribution in [2.45, 2.75) is 13.0 Å². The zero-order chi connectivity index (χ0) is 13.8. The van der Waals surface area contributed by atoms with Gasteiger partial charge in [0.05, 0.1) is 7.11 Å². The van der Waals surface area contributed by atoms with Gasteiger partial charge in [0.1, 0.15) is 11.8 Å². The molecule has 19 heavy (non-hydrogen) atoms. The molecule has 1 unspecified atom stereocenters. The lowest BCUT2D eigenvalue weighted by Gasteiger charge is -2.14. The van der Waals surface area contributed by atoms with Gasteiger partial charge in [0.25, 0.3) is 0 Å². The van der Waals surface area contributed by atoms with Crippen molar-refractivity contribution >= 4 is 16.7 Å². The largest absolute Gasteiger partial charge is 0.497 e. The van der Waals surface area contributed by atoms with E-state index >= 15 is 0 Å². The summed E-state index contributed by atoms with van der Waals surface area (Å²) in [6.45, 7) is 2.50. The lowest BCUT2D eigenvalue weighted by Crippen LogP contribution is -2.28. The van der Waals surface area contributed by atoms with E-state index in [1.54, 1.807) is 7.11 Å². The monoisotopic (exact) mass is 259 g/mol. The fourth-order valence-corrected chi connectivity index (χ4v) is 2.10. The summed E-state index contributed by atoms with van der Waals surface area (Å²) >= 11 is 0. The number of nitrogens with one attached hydrogen (secondary N) is 1. The van der Waals surface area contributed by atoms with Crippen LogP contribution in [0.2, 0.25) is 0 Å². The van der Waals surface area contributed by atoms with Crippen LogP contribution < -0.4 is 10.1 Å². The number of methoxy groups -OCH3 is 1. The van der Waals surface area contributed by atoms with Crippen LogP contribution in [0, 0.1) is 0 Å². The zero-order valence-corrected chi connectivity index (χ0v) is 11.0. The molecule has 2 aromatic rings. The molecule has 0 spiro atoms. The first-order valence-electron chi connectivity index (χ1n) is 6.19. The molecule has 0 radical (unpaired) electrons. The number of carbonyl (C=O) groups is 1. The summed E-state index contributed by atoms with van der Waals surface area (Å²) < 4.78 is 5.17. The van der Waals surface area contributed by atoms with Crippen LogP contribution in [0.4, 0.5) is 0 Å². The van der Waals surface area contributed by atoms with E-state index in [4.69, 9.17) is 4.74 Å². The average molecular weight is 259 g/mol. The van der Waals surface area contributed by atoms with Crippen molar-refractivity contribution in [3.05, 3.63) is 42.0 Å². The summed E-state index contributed by atoms with van der Waals surface area (Å²) in [5, 5.41) is 14.2. The van der Waals surface area contributed by atoms with Crippen LogP contribution in [0.1, 0.15) is 18.5 Å². The summed E-state index contributed by atoms with van der Waals surface area (Å²) in [7, 11) is 1.63. The Morgan fingerprint density at radius 2 is 1.95 bits per heavy atom. The topological polar surface area (TPSA) is 58.6 Å². The van der Waals surface area contributed by atoms with Gasteiger partial charge < -0.3 is 15.2 Å². The number of benzene rings is 2. The number of likely N-dealkylation sites (N-methyl/N-ethyl adjacent to an activating group) is 1. The second-order valence-electron chi connectivity index (χ2n) is 4.30. The van der Waals surface area contributed by atoms with Crippen molar-refractivity contribution in [1.82, 2.24) is 5.32 Å². The third-order valence-corrected chi connectivity index (χ3v) is 3.06. The van der Waals surface area contributed by atoms with Crippen molar-refractivity contribution in [3.8, 4) is 5.75 Å². The van der Waals surface area contributed by atoms with Crippen LogP contribution in [0.3, 0.4) is 0 Å². The molecule has 1 atom stereocenters. The molecule has 2 rings (SSSR count). The van der Waals surface area contributed by atoms with Crippen LogP contribution in [-0.4, -0.2) is 24.7 Å². The summed E-state index contributed by atoms with van der Waals surface area (Å²) in [6, 6.07) is 10.7. The fraction of sp³-hybridized carbons (Fsp3) is 0.267. The minimum absolute atomic E-state index is 0.609. The Bertz CT molecular complexity index is 595. The predicted molar refractivity (Wildman–Crippen MR) is 74.6 cm³/mol. The van der Waals surface area contributed by atoms with Gasteiger partial charge in [0.2, 0.25) is 0 Å². The molecule has 0 aromatic heterocycles. The van der Waals surface area contributed by atoms with Crippen LogP contribution in [0.25, 0.3) is 10.8 Å². The Morgan fingerprint density at radius 3 is 2.58 bits per heavy atom. The van der Waals surface area contributed by atoms with Crippen molar-refractivity contribution < 1.29 is 14.6 Å². The Kier molecular flexibility index (Phi) is 4.02. The maximum absolute atomic E-state index is 11.2. The van der Waals surface area contributed by atoms with Crippen LogP contribution >= 0.6 is 0 Å². The molecule has 0 aliphatic heterocycles. The standard InChI is InChI=1S/C15H17NO3/c1-3-16-14(15(17)18)12-5-4-11-9-13(19-2)7-6-10(11)8-12/h4-9,14,16H,3H2,1-2H3,(H,17,18). The van der Waals surface area contributed by atoms with Crippen molar-refractivity contribution in [3.63, 3.8) is 0 Å². The normalized spacial score (nSPS) is 12.3. The number of fused-ring (bicyclic) bond motifs is 1. The molecule has 0 bridgehead atoms. The molecular weight excluding hydrogens is 242 g/mol. The van der Waals surface area contributed by atoms with Gasteiger partial charge in [-0.25, -0.2) is 0 Å². The molecule has 0 fully saturated rings. The van der Waals surface area contributed by atoms with E-state index < -0.39 is 12.0 Å². The molecule has 2 aromatic carbocycles. The number of ether oxygens (including phenoxy) is 1. The molecule has 2 N–H and O–H groups in total. The van der Waals surface area contributed by atoms with E-state index in [0.29, 0.717) is 6.54 Å². The van der Waals surface area contributed by atoms with E-state index in [0.717, 1.165) is 22.1 Å². The van der Waals surface area contributed by atoms with Crippen molar-refractivity contribution in [1.29, 1.82) is 0 Å². The van der Waals surface area contributed by atoms with Gasteiger partial charge in [-0.1, -0.05) is 25.1 Å². The van der Waals surface area contributed by atoms with Crippen molar-refractivity contribution in [2.75, 3.05) is 13.7 Å². The van der Waals surface area contributed by atoms with Gasteiger partial charge in [0, 0.05) is 0 Å². The summed E-state index contributed by atoms with van der Waals surface area (Å²) in [5.41, 5.74) is 0.756. The molecule has 0 amide bonds. The van der Waals surface area contributed by atoms with Gasteiger partial charge in [-0.2, -0.15) is 0 Å². The van der Waals surface area contributed by atoms with Crippen molar-refractivity contribution in [2.24, 2.45) is 0 Å². The Balaban J connectivity index is 2.43. The fourth-order valence-electron chi connectivity index (χ4n) is 2.10. The minimum Gasteiger partial charge on any atom is -0.497 e. The summed E-state index contributed by atoms with van der Waals surface area (Å²) in [4.78, 5) is 11.2. The maximum atomic E-state index is 11.2. The molecule has 0 aliphatic carbocycles. The number of hydrogen-bond acceptors (Lipinski definition) is 3. The highest BCUT2D eigenvalue weighted by Gasteiger charge is 2.18. The number of carboxylic acid groups (broad SMARTS) is 1. The van der Waals surface area contributed by atoms with Gasteiger partial charge >= 0.3 is 5.97 Å². The van der Waals surface area contributed by atoms with E-state index in [2.05, 4.69) is 5.32 Å². The first-order chi connectivity index (χ1) is 9.15.